The van der Waals surface area contributed by atoms with Gasteiger partial charge in [-0.1, -0.05) is 0 Å². The third kappa shape index (κ3) is 2.15. The quantitative estimate of drug-likeness (QED) is 0.643. The molecule has 1 aliphatic heterocycles. The number of benzene rings is 1. The average Bonchev–Trinajstić information content (AvgIpc) is 3.06. The maximum atomic E-state index is 5.81. The van der Waals surface area contributed by atoms with E-state index in [0.29, 0.717) is 23.4 Å². The van der Waals surface area contributed by atoms with Crippen LogP contribution in [0.5, 0.6) is 11.5 Å². The number of halogens is 1. The van der Waals surface area contributed by atoms with E-state index in [1.54, 1.807) is 0 Å². The van der Waals surface area contributed by atoms with Crippen LogP contribution in [0.3, 0.4) is 0 Å². The molecule has 4 rings (SSSR count). The summed E-state index contributed by atoms with van der Waals surface area (Å²) in [6, 6.07) is 3.95. The van der Waals surface area contributed by atoms with Crippen molar-refractivity contribution in [2.24, 2.45) is 0 Å². The minimum atomic E-state index is 0.269. The summed E-state index contributed by atoms with van der Waals surface area (Å²) in [7, 11) is 0. The first-order chi connectivity index (χ1) is 10.2. The number of ether oxygens (including phenoxy) is 2. The summed E-state index contributed by atoms with van der Waals surface area (Å²) in [4.78, 5) is 15.7. The summed E-state index contributed by atoms with van der Waals surface area (Å²) in [6.07, 6.45) is 2.04. The fourth-order valence-electron chi connectivity index (χ4n) is 2.25. The molecule has 0 radical (unpaired) electrons. The summed E-state index contributed by atoms with van der Waals surface area (Å²) >= 11 is 2.28. The van der Waals surface area contributed by atoms with Crippen molar-refractivity contribution in [3.8, 4) is 11.5 Å². The van der Waals surface area contributed by atoms with Gasteiger partial charge in [-0.2, -0.15) is 0 Å². The van der Waals surface area contributed by atoms with E-state index in [4.69, 9.17) is 15.2 Å². The Hall–Kier alpha value is -2.10. The molecule has 0 bridgehead atoms. The van der Waals surface area contributed by atoms with Gasteiger partial charge in [0.1, 0.15) is 17.7 Å². The van der Waals surface area contributed by atoms with Gasteiger partial charge in [0.2, 0.25) is 6.79 Å². The van der Waals surface area contributed by atoms with Crippen LogP contribution in [0.1, 0.15) is 11.4 Å². The number of hydrogen-bond donors (Lipinski definition) is 2. The van der Waals surface area contributed by atoms with Crippen LogP contribution in [0.15, 0.2) is 18.5 Å². The molecule has 0 fully saturated rings. The molecule has 0 unspecified atom stereocenters. The number of fused-ring (bicyclic) bond motifs is 2. The fourth-order valence-corrected chi connectivity index (χ4v) is 2.88. The molecule has 3 N–H and O–H groups in total. The Bertz CT molecular complexity index is 848. The minimum Gasteiger partial charge on any atom is -0.454 e. The summed E-state index contributed by atoms with van der Waals surface area (Å²) < 4.78 is 11.9. The van der Waals surface area contributed by atoms with Crippen molar-refractivity contribution in [1.29, 1.82) is 0 Å². The summed E-state index contributed by atoms with van der Waals surface area (Å²) in [5.41, 5.74) is 8.16. The average molecular weight is 395 g/mol. The number of imidazole rings is 1. The van der Waals surface area contributed by atoms with Gasteiger partial charge in [0.05, 0.1) is 0 Å². The molecular formula is C13H10IN5O2. The molecule has 3 heterocycles. The van der Waals surface area contributed by atoms with Gasteiger partial charge in [0, 0.05) is 9.99 Å². The molecule has 0 atom stereocenters. The van der Waals surface area contributed by atoms with E-state index in [2.05, 4.69) is 42.5 Å². The maximum absolute atomic E-state index is 5.81. The van der Waals surface area contributed by atoms with Crippen LogP contribution in [0.2, 0.25) is 0 Å². The van der Waals surface area contributed by atoms with Crippen molar-refractivity contribution < 1.29 is 9.47 Å². The summed E-state index contributed by atoms with van der Waals surface area (Å²) in [5, 5.41) is 0. The van der Waals surface area contributed by atoms with Gasteiger partial charge >= 0.3 is 0 Å². The smallest absolute Gasteiger partial charge is 0.231 e. The van der Waals surface area contributed by atoms with Crippen LogP contribution in [-0.2, 0) is 6.42 Å². The second-order valence-electron chi connectivity index (χ2n) is 4.61. The largest absolute Gasteiger partial charge is 0.454 e. The van der Waals surface area contributed by atoms with E-state index in [1.165, 1.54) is 6.33 Å². The lowest BCUT2D eigenvalue weighted by atomic mass is 10.1. The third-order valence-corrected chi connectivity index (χ3v) is 4.27. The standard InChI is InChI=1S/C13H10IN5O2/c14-7-3-9-8(20-5-21-9)1-6(7)2-10-18-11-12(15)16-4-17-13(11)19-10/h1,3-4H,2,5H2,(H3,15,16,17,18,19). The number of rotatable bonds is 2. The number of nitrogens with two attached hydrogens (primary N) is 1. The third-order valence-electron chi connectivity index (χ3n) is 3.27. The minimum absolute atomic E-state index is 0.269. The van der Waals surface area contributed by atoms with E-state index in [1.807, 2.05) is 12.1 Å². The van der Waals surface area contributed by atoms with Crippen LogP contribution in [0.25, 0.3) is 11.2 Å². The molecule has 2 aromatic heterocycles. The van der Waals surface area contributed by atoms with Crippen LogP contribution in [-0.4, -0.2) is 26.7 Å². The molecule has 21 heavy (non-hydrogen) atoms. The Morgan fingerprint density at radius 1 is 1.24 bits per heavy atom. The van der Waals surface area contributed by atoms with Crippen molar-refractivity contribution in [1.82, 2.24) is 19.9 Å². The number of hydrogen-bond acceptors (Lipinski definition) is 6. The fraction of sp³-hybridized carbons (Fsp3) is 0.154. The number of nitrogens with one attached hydrogen (secondary N) is 1. The monoisotopic (exact) mass is 395 g/mol. The van der Waals surface area contributed by atoms with Gasteiger partial charge in [-0.05, 0) is 40.3 Å². The second kappa shape index (κ2) is 4.72. The molecule has 0 saturated carbocycles. The van der Waals surface area contributed by atoms with Crippen LogP contribution in [0.4, 0.5) is 5.82 Å². The zero-order chi connectivity index (χ0) is 14.4. The zero-order valence-corrected chi connectivity index (χ0v) is 12.9. The highest BCUT2D eigenvalue weighted by atomic mass is 127. The lowest BCUT2D eigenvalue weighted by Gasteiger charge is -2.04. The Labute approximate surface area is 133 Å². The van der Waals surface area contributed by atoms with Crippen LogP contribution >= 0.6 is 22.6 Å². The first-order valence-electron chi connectivity index (χ1n) is 6.24. The normalized spacial score (nSPS) is 13.0. The van der Waals surface area contributed by atoms with Crippen molar-refractivity contribution in [2.45, 2.75) is 6.42 Å². The topological polar surface area (TPSA) is 98.9 Å². The highest BCUT2D eigenvalue weighted by molar-refractivity contribution is 14.1. The van der Waals surface area contributed by atoms with E-state index >= 15 is 0 Å². The first-order valence-corrected chi connectivity index (χ1v) is 7.31. The first kappa shape index (κ1) is 12.6. The van der Waals surface area contributed by atoms with Gasteiger partial charge in [-0.15, -0.1) is 0 Å². The predicted octanol–water partition coefficient (Wildman–Crippen LogP) is 1.86. The Kier molecular flexibility index (Phi) is 2.84. The van der Waals surface area contributed by atoms with Gasteiger partial charge in [0.15, 0.2) is 23.0 Å². The van der Waals surface area contributed by atoms with Gasteiger partial charge < -0.3 is 20.2 Å². The molecule has 0 saturated heterocycles. The number of anilines is 1. The number of nitrogens with zero attached hydrogens (tertiary/aromatic N) is 3. The zero-order valence-electron chi connectivity index (χ0n) is 10.8. The van der Waals surface area contributed by atoms with E-state index in [0.717, 1.165) is 26.5 Å². The van der Waals surface area contributed by atoms with E-state index in [9.17, 15) is 0 Å². The molecular weight excluding hydrogens is 385 g/mol. The highest BCUT2D eigenvalue weighted by Gasteiger charge is 2.17. The number of nitrogen functional groups attached to an aromatic ring is 1. The van der Waals surface area contributed by atoms with Crippen LogP contribution in [0, 0.1) is 3.57 Å². The molecule has 1 aliphatic rings. The Morgan fingerprint density at radius 2 is 2.05 bits per heavy atom. The molecule has 106 valence electrons. The van der Waals surface area contributed by atoms with Crippen molar-refractivity contribution in [3.63, 3.8) is 0 Å². The maximum Gasteiger partial charge on any atom is 0.231 e. The van der Waals surface area contributed by atoms with E-state index < -0.39 is 0 Å². The predicted molar refractivity (Wildman–Crippen MR) is 84.2 cm³/mol. The lowest BCUT2D eigenvalue weighted by Crippen LogP contribution is -1.94. The van der Waals surface area contributed by atoms with E-state index in [-0.39, 0.29) is 6.79 Å². The van der Waals surface area contributed by atoms with Crippen molar-refractivity contribution in [2.75, 3.05) is 12.5 Å². The molecule has 0 aliphatic carbocycles. The Morgan fingerprint density at radius 3 is 2.86 bits per heavy atom. The van der Waals surface area contributed by atoms with Crippen molar-refractivity contribution >= 4 is 39.6 Å². The highest BCUT2D eigenvalue weighted by Crippen LogP contribution is 2.36. The molecule has 3 aromatic rings. The number of aromatic nitrogens is 4. The molecule has 0 amide bonds. The second-order valence-corrected chi connectivity index (χ2v) is 5.78. The SMILES string of the molecule is Nc1ncnc2nc(Cc3cc4c(cc3I)OCO4)[nH]c12. The summed E-state index contributed by atoms with van der Waals surface area (Å²) in [5.74, 6) is 2.73. The molecule has 8 heteroatoms. The van der Waals surface area contributed by atoms with Crippen molar-refractivity contribution in [3.05, 3.63) is 33.4 Å². The number of aromatic amines is 1. The lowest BCUT2D eigenvalue weighted by molar-refractivity contribution is 0.174. The molecule has 1 aromatic carbocycles. The number of H-pyrrole nitrogens is 1. The van der Waals surface area contributed by atoms with Crippen LogP contribution < -0.4 is 15.2 Å². The molecule has 0 spiro atoms. The molecule has 7 nitrogen and oxygen atoms in total. The van der Waals surface area contributed by atoms with Gasteiger partial charge in [-0.25, -0.2) is 15.0 Å². The summed E-state index contributed by atoms with van der Waals surface area (Å²) in [6.45, 7) is 0.269. The van der Waals surface area contributed by atoms with Gasteiger partial charge in [-0.3, -0.25) is 0 Å². The Balaban J connectivity index is 1.73. The van der Waals surface area contributed by atoms with Gasteiger partial charge in [0.25, 0.3) is 0 Å².